The molecule has 3 rings (SSSR count). The second-order valence-electron chi connectivity index (χ2n) is 6.04. The van der Waals surface area contributed by atoms with Crippen molar-refractivity contribution in [3.8, 4) is 0 Å². The Morgan fingerprint density at radius 1 is 1.31 bits per heavy atom. The number of thiazole rings is 1. The predicted molar refractivity (Wildman–Crippen MR) is 107 cm³/mol. The number of aromatic nitrogens is 1. The fourth-order valence-corrected chi connectivity index (χ4v) is 4.13. The van der Waals surface area contributed by atoms with Crippen LogP contribution >= 0.6 is 11.3 Å². The molecule has 3 amide bonds. The summed E-state index contributed by atoms with van der Waals surface area (Å²) in [5.41, 5.74) is 5.50. The van der Waals surface area contributed by atoms with E-state index < -0.39 is 40.1 Å². The third-order valence-electron chi connectivity index (χ3n) is 4.05. The van der Waals surface area contributed by atoms with Crippen molar-refractivity contribution >= 4 is 55.9 Å². The Morgan fingerprint density at radius 3 is 2.50 bits per heavy atom. The maximum Gasteiger partial charge on any atom is 1.00 e. The van der Waals surface area contributed by atoms with Crippen LogP contribution in [0.25, 0.3) is 0 Å². The van der Waals surface area contributed by atoms with Crippen LogP contribution in [0.3, 0.4) is 0 Å². The van der Waals surface area contributed by atoms with Crippen molar-refractivity contribution in [3.63, 3.8) is 0 Å². The van der Waals surface area contributed by atoms with Crippen molar-refractivity contribution in [2.45, 2.75) is 12.1 Å². The molecule has 0 bridgehead atoms. The number of nitrogens with two attached hydrogens (primary N) is 1. The molecule has 4 N–H and O–H groups in total. The molecule has 1 aliphatic rings. The van der Waals surface area contributed by atoms with Gasteiger partial charge in [0.15, 0.2) is 27.2 Å². The summed E-state index contributed by atoms with van der Waals surface area (Å²) >= 11 is 1.02. The van der Waals surface area contributed by atoms with E-state index in [0.717, 1.165) is 11.3 Å². The molecule has 13 nitrogen and oxygen atoms in total. The average Bonchev–Trinajstić information content (AvgIpc) is 3.13. The van der Waals surface area contributed by atoms with Crippen molar-refractivity contribution in [2.75, 3.05) is 18.2 Å². The summed E-state index contributed by atoms with van der Waals surface area (Å²) in [4.78, 5) is 46.0. The molecule has 1 aliphatic heterocycles. The van der Waals surface area contributed by atoms with Gasteiger partial charge in [0.1, 0.15) is 18.8 Å². The molecule has 0 spiro atoms. The number of benzene rings is 1. The third-order valence-corrected chi connectivity index (χ3v) is 5.61. The van der Waals surface area contributed by atoms with Crippen molar-refractivity contribution in [2.24, 2.45) is 5.16 Å². The molecule has 0 aliphatic carbocycles. The summed E-state index contributed by atoms with van der Waals surface area (Å²) in [6.45, 7) is 0. The number of carbonyl (C=O) groups excluding carboxylic acids is 3. The van der Waals surface area contributed by atoms with Gasteiger partial charge >= 0.3 is 29.6 Å². The fourth-order valence-electron chi connectivity index (χ4n) is 2.75. The van der Waals surface area contributed by atoms with Crippen molar-refractivity contribution in [3.05, 3.63) is 41.4 Å². The van der Waals surface area contributed by atoms with E-state index in [2.05, 4.69) is 25.6 Å². The summed E-state index contributed by atoms with van der Waals surface area (Å²) in [6, 6.07) is 4.48. The summed E-state index contributed by atoms with van der Waals surface area (Å²) in [5.74, 6) is -3.25. The molecule has 2 heterocycles. The number of amides is 3. The Bertz CT molecular complexity index is 1150. The van der Waals surface area contributed by atoms with E-state index in [1.807, 2.05) is 0 Å². The number of β-lactam (4-membered cyclic amide) rings is 1. The van der Waals surface area contributed by atoms with E-state index in [1.54, 1.807) is 18.2 Å². The normalized spacial score (nSPS) is 18.2. The maximum absolute atomic E-state index is 12.6. The van der Waals surface area contributed by atoms with Gasteiger partial charge in [-0.2, -0.15) is 0 Å². The van der Waals surface area contributed by atoms with Gasteiger partial charge in [-0.1, -0.05) is 23.4 Å². The first kappa shape index (κ1) is 25.7. The number of hydrogen-bond acceptors (Lipinski definition) is 11. The van der Waals surface area contributed by atoms with Crippen molar-refractivity contribution < 1.29 is 61.7 Å². The first-order valence-corrected chi connectivity index (χ1v) is 10.7. The number of rotatable bonds is 7. The quantitative estimate of drug-likeness (QED) is 0.113. The zero-order valence-electron chi connectivity index (χ0n) is 16.7. The van der Waals surface area contributed by atoms with Crippen LogP contribution in [0, 0.1) is 0 Å². The maximum atomic E-state index is 12.6. The van der Waals surface area contributed by atoms with Crippen LogP contribution < -0.4 is 45.9 Å². The zero-order chi connectivity index (χ0) is 22.8. The monoisotopic (exact) mass is 490 g/mol. The Labute approximate surface area is 208 Å². The largest absolute Gasteiger partial charge is 1.00 e. The molecule has 16 heteroatoms. The molecule has 164 valence electrons. The van der Waals surface area contributed by atoms with Crippen molar-refractivity contribution in [1.82, 2.24) is 14.6 Å². The topological polar surface area (TPSA) is 196 Å². The molecule has 1 saturated heterocycles. The minimum Gasteiger partial charge on any atom is -0.731 e. The molecular formula is C16H15N6NaO7S2. The molecular weight excluding hydrogens is 475 g/mol. The third kappa shape index (κ3) is 5.43. The van der Waals surface area contributed by atoms with E-state index in [4.69, 9.17) is 5.73 Å². The Morgan fingerprint density at radius 2 is 1.97 bits per heavy atom. The molecule has 32 heavy (non-hydrogen) atoms. The zero-order valence-corrected chi connectivity index (χ0v) is 20.3. The minimum absolute atomic E-state index is 0. The van der Waals surface area contributed by atoms with Crippen LogP contribution in [0.15, 0.2) is 40.9 Å². The SMILES string of the molecule is CON=C(C(=O)N[C@H]1C(=O)N(S(=O)(=O)[O-])[C@H]1C(=O)Nc1ccccc1)c1csc(N)n1.[Na+]. The van der Waals surface area contributed by atoms with E-state index in [9.17, 15) is 27.4 Å². The van der Waals surface area contributed by atoms with Crippen LogP contribution in [-0.4, -0.2) is 64.9 Å². The molecule has 0 radical (unpaired) electrons. The van der Waals surface area contributed by atoms with Gasteiger partial charge < -0.3 is 25.8 Å². The molecule has 1 fully saturated rings. The molecule has 1 aromatic carbocycles. The van der Waals surface area contributed by atoms with Gasteiger partial charge in [-0.25, -0.2) is 17.7 Å². The summed E-state index contributed by atoms with van der Waals surface area (Å²) < 4.78 is 34.3. The molecule has 2 aromatic rings. The number of nitrogen functional groups attached to an aromatic ring is 1. The van der Waals surface area contributed by atoms with Gasteiger partial charge in [0.2, 0.25) is 0 Å². The fraction of sp³-hybridized carbons (Fsp3) is 0.188. The average molecular weight is 490 g/mol. The number of nitrogens with zero attached hydrogens (tertiary/aromatic N) is 3. The standard InChI is InChI=1S/C16H16N6O7S2.Na/c1-29-21-10(9-7-30-16(17)19-9)13(23)20-11-12(22(15(11)25)31(26,27)28)14(24)18-8-5-3-2-4-6-8;/h2-7,11-12H,1H3,(H2,17,19)(H,18,24)(H,20,23)(H,26,27,28);/q;+1/p-1/t11-,12-;/m1./s1. The second kappa shape index (κ2) is 10.4. The Balaban J connectivity index is 0.00000363. The molecule has 0 unspecified atom stereocenters. The number of hydrogen-bond donors (Lipinski definition) is 3. The van der Waals surface area contributed by atoms with Gasteiger partial charge in [-0.15, -0.1) is 11.3 Å². The van der Waals surface area contributed by atoms with Gasteiger partial charge in [-0.3, -0.25) is 14.4 Å². The second-order valence-corrected chi connectivity index (χ2v) is 8.17. The molecule has 2 atom stereocenters. The van der Waals surface area contributed by atoms with E-state index in [1.165, 1.54) is 24.6 Å². The summed E-state index contributed by atoms with van der Waals surface area (Å²) in [7, 11) is -4.14. The first-order valence-electron chi connectivity index (χ1n) is 8.42. The van der Waals surface area contributed by atoms with E-state index >= 15 is 0 Å². The summed E-state index contributed by atoms with van der Waals surface area (Å²) in [6.07, 6.45) is 0. The number of carbonyl (C=O) groups is 3. The Kier molecular flexibility index (Phi) is 8.33. The molecule has 0 saturated carbocycles. The van der Waals surface area contributed by atoms with Gasteiger partial charge in [0, 0.05) is 11.1 Å². The number of oxime groups is 1. The van der Waals surface area contributed by atoms with Gasteiger partial charge in [-0.05, 0) is 12.1 Å². The first-order chi connectivity index (χ1) is 14.6. The number of anilines is 2. The minimum atomic E-state index is -5.31. The van der Waals surface area contributed by atoms with Crippen LogP contribution in [0.1, 0.15) is 5.69 Å². The molecule has 1 aromatic heterocycles. The van der Waals surface area contributed by atoms with Crippen LogP contribution in [0.5, 0.6) is 0 Å². The number of para-hydroxylation sites is 1. The Hall–Kier alpha value is -2.56. The smallest absolute Gasteiger partial charge is 0.731 e. The van der Waals surface area contributed by atoms with Gasteiger partial charge in [0.25, 0.3) is 17.7 Å². The van der Waals surface area contributed by atoms with Crippen LogP contribution in [0.4, 0.5) is 10.8 Å². The predicted octanol–water partition coefficient (Wildman–Crippen LogP) is -4.13. The van der Waals surface area contributed by atoms with Crippen LogP contribution in [-0.2, 0) is 29.5 Å². The van der Waals surface area contributed by atoms with Crippen molar-refractivity contribution in [1.29, 1.82) is 0 Å². The van der Waals surface area contributed by atoms with E-state index in [0.29, 0.717) is 5.69 Å². The summed E-state index contributed by atoms with van der Waals surface area (Å²) in [5, 5.41) is 9.66. The van der Waals surface area contributed by atoms with Gasteiger partial charge in [0.05, 0.1) is 0 Å². The number of nitrogens with one attached hydrogen (secondary N) is 2. The van der Waals surface area contributed by atoms with Crippen LogP contribution in [0.2, 0.25) is 0 Å². The van der Waals surface area contributed by atoms with E-state index in [-0.39, 0.29) is 50.4 Å².